The summed E-state index contributed by atoms with van der Waals surface area (Å²) in [5, 5.41) is 3.42. The number of fused-ring (bicyclic) bond motifs is 1. The van der Waals surface area contributed by atoms with Crippen LogP contribution in [0.1, 0.15) is 24.1 Å². The van der Waals surface area contributed by atoms with Crippen molar-refractivity contribution in [3.05, 3.63) is 57.8 Å². The van der Waals surface area contributed by atoms with Crippen LogP contribution in [-0.4, -0.2) is 6.79 Å². The van der Waals surface area contributed by atoms with E-state index in [9.17, 15) is 4.39 Å². The highest BCUT2D eigenvalue weighted by Gasteiger charge is 2.14. The number of nitrogens with one attached hydrogen (secondary N) is 1. The van der Waals surface area contributed by atoms with Crippen LogP contribution >= 0.6 is 15.9 Å². The standard InChI is InChI=1S/C16H15BrFNO2/c1-10(13-4-3-12(18)7-14(13)17)19-8-11-2-5-15-16(6-11)21-9-20-15/h2-7,10,19H,8-9H2,1H3. The highest BCUT2D eigenvalue weighted by molar-refractivity contribution is 9.10. The summed E-state index contributed by atoms with van der Waals surface area (Å²) in [4.78, 5) is 0. The molecular weight excluding hydrogens is 337 g/mol. The van der Waals surface area contributed by atoms with Gasteiger partial charge in [0, 0.05) is 17.1 Å². The van der Waals surface area contributed by atoms with Crippen LogP contribution in [0.2, 0.25) is 0 Å². The molecule has 5 heteroatoms. The molecule has 3 nitrogen and oxygen atoms in total. The van der Waals surface area contributed by atoms with Gasteiger partial charge < -0.3 is 14.8 Å². The molecule has 1 aliphatic heterocycles. The average molecular weight is 352 g/mol. The number of rotatable bonds is 4. The van der Waals surface area contributed by atoms with Gasteiger partial charge in [-0.2, -0.15) is 0 Å². The molecular formula is C16H15BrFNO2. The van der Waals surface area contributed by atoms with Crippen molar-refractivity contribution in [2.24, 2.45) is 0 Å². The first-order chi connectivity index (χ1) is 10.1. The van der Waals surface area contributed by atoms with E-state index < -0.39 is 0 Å². The molecule has 0 saturated heterocycles. The van der Waals surface area contributed by atoms with Gasteiger partial charge in [-0.1, -0.05) is 28.1 Å². The maximum Gasteiger partial charge on any atom is 0.231 e. The fourth-order valence-electron chi connectivity index (χ4n) is 2.28. The molecule has 0 aromatic heterocycles. The van der Waals surface area contributed by atoms with Crippen molar-refractivity contribution in [3.63, 3.8) is 0 Å². The molecule has 0 saturated carbocycles. The van der Waals surface area contributed by atoms with E-state index in [0.717, 1.165) is 27.1 Å². The van der Waals surface area contributed by atoms with Crippen LogP contribution in [0.4, 0.5) is 4.39 Å². The first-order valence-electron chi connectivity index (χ1n) is 6.70. The summed E-state index contributed by atoms with van der Waals surface area (Å²) in [6, 6.07) is 10.7. The molecule has 1 heterocycles. The third-order valence-electron chi connectivity index (χ3n) is 3.48. The average Bonchev–Trinajstić information content (AvgIpc) is 2.92. The Balaban J connectivity index is 1.67. The van der Waals surface area contributed by atoms with Gasteiger partial charge in [-0.05, 0) is 42.3 Å². The lowest BCUT2D eigenvalue weighted by molar-refractivity contribution is 0.174. The predicted octanol–water partition coefficient (Wildman–Crippen LogP) is 4.17. The Kier molecular flexibility index (Phi) is 4.12. The van der Waals surface area contributed by atoms with E-state index in [1.807, 2.05) is 25.1 Å². The zero-order valence-electron chi connectivity index (χ0n) is 11.5. The fraction of sp³-hybridized carbons (Fsp3) is 0.250. The van der Waals surface area contributed by atoms with Crippen molar-refractivity contribution in [2.45, 2.75) is 19.5 Å². The second-order valence-electron chi connectivity index (χ2n) is 4.96. The normalized spacial score (nSPS) is 14.2. The van der Waals surface area contributed by atoms with Gasteiger partial charge in [0.25, 0.3) is 0 Å². The van der Waals surface area contributed by atoms with Gasteiger partial charge >= 0.3 is 0 Å². The molecule has 1 N–H and O–H groups in total. The van der Waals surface area contributed by atoms with Crippen LogP contribution in [0.15, 0.2) is 40.9 Å². The zero-order valence-corrected chi connectivity index (χ0v) is 13.1. The van der Waals surface area contributed by atoms with Gasteiger partial charge in [-0.25, -0.2) is 4.39 Å². The first kappa shape index (κ1) is 14.4. The lowest BCUT2D eigenvalue weighted by Crippen LogP contribution is -2.18. The highest BCUT2D eigenvalue weighted by Crippen LogP contribution is 2.32. The second kappa shape index (κ2) is 6.03. The topological polar surface area (TPSA) is 30.5 Å². The van der Waals surface area contributed by atoms with E-state index in [4.69, 9.17) is 9.47 Å². The molecule has 0 bridgehead atoms. The largest absolute Gasteiger partial charge is 0.454 e. The summed E-state index contributed by atoms with van der Waals surface area (Å²) in [6.45, 7) is 3.03. The lowest BCUT2D eigenvalue weighted by Gasteiger charge is -2.16. The number of benzene rings is 2. The monoisotopic (exact) mass is 351 g/mol. The Morgan fingerprint density at radius 2 is 2.00 bits per heavy atom. The smallest absolute Gasteiger partial charge is 0.231 e. The van der Waals surface area contributed by atoms with Crippen LogP contribution in [-0.2, 0) is 6.54 Å². The minimum absolute atomic E-state index is 0.102. The van der Waals surface area contributed by atoms with Crippen LogP contribution in [0.3, 0.4) is 0 Å². The summed E-state index contributed by atoms with van der Waals surface area (Å²) >= 11 is 3.40. The fourth-order valence-corrected chi connectivity index (χ4v) is 2.98. The van der Waals surface area contributed by atoms with Gasteiger partial charge in [0.05, 0.1) is 0 Å². The molecule has 2 aromatic carbocycles. The Morgan fingerprint density at radius 3 is 2.81 bits per heavy atom. The number of hydrogen-bond acceptors (Lipinski definition) is 3. The summed E-state index contributed by atoms with van der Waals surface area (Å²) in [5.41, 5.74) is 2.14. The van der Waals surface area contributed by atoms with Crippen LogP contribution in [0.5, 0.6) is 11.5 Å². The lowest BCUT2D eigenvalue weighted by atomic mass is 10.1. The molecule has 0 spiro atoms. The Hall–Kier alpha value is -1.59. The molecule has 2 aromatic rings. The highest BCUT2D eigenvalue weighted by atomic mass is 79.9. The van der Waals surface area contributed by atoms with Gasteiger partial charge in [0.2, 0.25) is 6.79 Å². The van der Waals surface area contributed by atoms with E-state index in [0.29, 0.717) is 6.54 Å². The number of hydrogen-bond donors (Lipinski definition) is 1. The van der Waals surface area contributed by atoms with Crippen molar-refractivity contribution in [2.75, 3.05) is 6.79 Å². The van der Waals surface area contributed by atoms with Crippen molar-refractivity contribution >= 4 is 15.9 Å². The van der Waals surface area contributed by atoms with Gasteiger partial charge in [-0.3, -0.25) is 0 Å². The van der Waals surface area contributed by atoms with E-state index in [-0.39, 0.29) is 18.7 Å². The summed E-state index contributed by atoms with van der Waals surface area (Å²) in [5.74, 6) is 1.33. The van der Waals surface area contributed by atoms with Crippen LogP contribution < -0.4 is 14.8 Å². The predicted molar refractivity (Wildman–Crippen MR) is 81.9 cm³/mol. The van der Waals surface area contributed by atoms with E-state index >= 15 is 0 Å². The molecule has 0 fully saturated rings. The van der Waals surface area contributed by atoms with Gasteiger partial charge in [0.15, 0.2) is 11.5 Å². The molecule has 0 radical (unpaired) electrons. The maximum absolute atomic E-state index is 13.1. The summed E-state index contributed by atoms with van der Waals surface area (Å²) in [7, 11) is 0. The summed E-state index contributed by atoms with van der Waals surface area (Å²) in [6.07, 6.45) is 0. The second-order valence-corrected chi connectivity index (χ2v) is 5.81. The van der Waals surface area contributed by atoms with Crippen molar-refractivity contribution in [1.82, 2.24) is 5.32 Å². The Labute approximate surface area is 131 Å². The molecule has 3 rings (SSSR count). The van der Waals surface area contributed by atoms with Crippen LogP contribution in [0, 0.1) is 5.82 Å². The SMILES string of the molecule is CC(NCc1ccc2c(c1)OCO2)c1ccc(F)cc1Br. The van der Waals surface area contributed by atoms with Crippen molar-refractivity contribution in [1.29, 1.82) is 0 Å². The van der Waals surface area contributed by atoms with Gasteiger partial charge in [0.1, 0.15) is 5.82 Å². The first-order valence-corrected chi connectivity index (χ1v) is 7.49. The van der Waals surface area contributed by atoms with E-state index in [1.165, 1.54) is 12.1 Å². The van der Waals surface area contributed by atoms with E-state index in [1.54, 1.807) is 6.07 Å². The Bertz CT molecular complexity index is 663. The van der Waals surface area contributed by atoms with E-state index in [2.05, 4.69) is 21.2 Å². The molecule has 1 unspecified atom stereocenters. The number of halogens is 2. The minimum atomic E-state index is -0.242. The zero-order chi connectivity index (χ0) is 14.8. The third kappa shape index (κ3) is 3.19. The minimum Gasteiger partial charge on any atom is -0.454 e. The van der Waals surface area contributed by atoms with Crippen LogP contribution in [0.25, 0.3) is 0 Å². The molecule has 110 valence electrons. The van der Waals surface area contributed by atoms with Crippen molar-refractivity contribution < 1.29 is 13.9 Å². The number of ether oxygens (including phenoxy) is 2. The quantitative estimate of drug-likeness (QED) is 0.896. The molecule has 1 aliphatic rings. The molecule has 21 heavy (non-hydrogen) atoms. The van der Waals surface area contributed by atoms with Crippen molar-refractivity contribution in [3.8, 4) is 11.5 Å². The Morgan fingerprint density at radius 1 is 1.19 bits per heavy atom. The molecule has 1 atom stereocenters. The third-order valence-corrected chi connectivity index (χ3v) is 4.17. The molecule has 0 aliphatic carbocycles. The molecule has 0 amide bonds. The summed E-state index contributed by atoms with van der Waals surface area (Å²) < 4.78 is 24.5. The van der Waals surface area contributed by atoms with Gasteiger partial charge in [-0.15, -0.1) is 0 Å². The maximum atomic E-state index is 13.1.